The molecule has 0 atom stereocenters. The fourth-order valence-corrected chi connectivity index (χ4v) is 2.53. The molecule has 1 heterocycles. The zero-order chi connectivity index (χ0) is 18.5. The second-order valence-corrected chi connectivity index (χ2v) is 5.69. The summed E-state index contributed by atoms with van der Waals surface area (Å²) < 4.78 is 12.5. The highest BCUT2D eigenvalue weighted by atomic mass is 32.1. The second-order valence-electron chi connectivity index (χ2n) is 5.30. The number of ether oxygens (including phenoxy) is 2. The van der Waals surface area contributed by atoms with E-state index in [1.165, 1.54) is 4.68 Å². The van der Waals surface area contributed by atoms with E-state index in [9.17, 15) is 5.11 Å². The molecule has 134 valence electrons. The van der Waals surface area contributed by atoms with Crippen molar-refractivity contribution in [3.63, 3.8) is 0 Å². The monoisotopic (exact) mass is 370 g/mol. The van der Waals surface area contributed by atoms with Gasteiger partial charge in [-0.15, -0.1) is 0 Å². The maximum Gasteiger partial charge on any atom is 0.216 e. The minimum atomic E-state index is 0.0843. The number of phenolic OH excluding ortho intramolecular Hbond substituents is 1. The number of aromatic hydroxyl groups is 1. The summed E-state index contributed by atoms with van der Waals surface area (Å²) in [5.74, 6) is 1.77. The van der Waals surface area contributed by atoms with Crippen molar-refractivity contribution in [2.45, 2.75) is 6.92 Å². The van der Waals surface area contributed by atoms with Gasteiger partial charge in [0.15, 0.2) is 17.3 Å². The van der Waals surface area contributed by atoms with Gasteiger partial charge in [-0.25, -0.2) is 5.10 Å². The van der Waals surface area contributed by atoms with Gasteiger partial charge in [0.05, 0.1) is 19.9 Å². The predicted octanol–water partition coefficient (Wildman–Crippen LogP) is 3.60. The molecule has 0 saturated carbocycles. The molecule has 0 aliphatic rings. The van der Waals surface area contributed by atoms with E-state index in [0.29, 0.717) is 28.7 Å². The molecule has 2 N–H and O–H groups in total. The van der Waals surface area contributed by atoms with Crippen molar-refractivity contribution in [3.05, 3.63) is 52.8 Å². The number of hydrogen-bond acceptors (Lipinski definition) is 6. The topological polar surface area (TPSA) is 84.7 Å². The van der Waals surface area contributed by atoms with Gasteiger partial charge in [0.1, 0.15) is 5.75 Å². The molecule has 3 aromatic rings. The molecule has 7 nitrogen and oxygen atoms in total. The fraction of sp³-hybridized carbons (Fsp3) is 0.167. The van der Waals surface area contributed by atoms with Crippen LogP contribution >= 0.6 is 12.2 Å². The summed E-state index contributed by atoms with van der Waals surface area (Å²) in [6.45, 7) is 2.31. The van der Waals surface area contributed by atoms with Crippen LogP contribution in [0.4, 0.5) is 0 Å². The molecular formula is C18H18N4O3S. The Bertz CT molecular complexity index is 994. The first-order valence-electron chi connectivity index (χ1n) is 7.94. The zero-order valence-electron chi connectivity index (χ0n) is 14.3. The van der Waals surface area contributed by atoms with Gasteiger partial charge in [-0.2, -0.15) is 14.9 Å². The molecule has 1 aromatic heterocycles. The van der Waals surface area contributed by atoms with Crippen LogP contribution in [0.15, 0.2) is 47.6 Å². The Kier molecular flexibility index (Phi) is 5.33. The number of aromatic amines is 1. The standard InChI is InChI=1S/C18H18N4O3S/c1-3-25-16-9-12(7-8-15(16)23)11-19-22-17(20-21-18(22)26)13-5-4-6-14(10-13)24-2/h4-11,23H,3H2,1-2H3,(H,21,26)/b19-11+. The maximum absolute atomic E-state index is 9.79. The number of methoxy groups -OCH3 is 1. The second kappa shape index (κ2) is 7.83. The SMILES string of the molecule is CCOc1cc(/C=N/n2c(-c3cccc(OC)c3)n[nH]c2=S)ccc1O. The Labute approximate surface area is 155 Å². The minimum absolute atomic E-state index is 0.0843. The van der Waals surface area contributed by atoms with E-state index in [0.717, 1.165) is 11.1 Å². The summed E-state index contributed by atoms with van der Waals surface area (Å²) in [6.07, 6.45) is 1.62. The average molecular weight is 370 g/mol. The van der Waals surface area contributed by atoms with Crippen molar-refractivity contribution in [1.29, 1.82) is 0 Å². The number of nitrogens with one attached hydrogen (secondary N) is 1. The van der Waals surface area contributed by atoms with E-state index >= 15 is 0 Å². The third-order valence-corrected chi connectivity index (χ3v) is 3.85. The van der Waals surface area contributed by atoms with Crippen LogP contribution in [0.1, 0.15) is 12.5 Å². The lowest BCUT2D eigenvalue weighted by atomic mass is 10.2. The number of phenols is 1. The first-order chi connectivity index (χ1) is 12.6. The zero-order valence-corrected chi connectivity index (χ0v) is 15.2. The predicted molar refractivity (Wildman–Crippen MR) is 102 cm³/mol. The van der Waals surface area contributed by atoms with Crippen molar-refractivity contribution in [2.75, 3.05) is 13.7 Å². The summed E-state index contributed by atoms with van der Waals surface area (Å²) in [5.41, 5.74) is 1.57. The Balaban J connectivity index is 1.96. The normalized spacial score (nSPS) is 11.0. The van der Waals surface area contributed by atoms with Gasteiger partial charge >= 0.3 is 0 Å². The highest BCUT2D eigenvalue weighted by Gasteiger charge is 2.09. The highest BCUT2D eigenvalue weighted by molar-refractivity contribution is 7.71. The van der Waals surface area contributed by atoms with Gasteiger partial charge in [0.2, 0.25) is 4.77 Å². The van der Waals surface area contributed by atoms with Gasteiger partial charge in [0, 0.05) is 5.56 Å². The largest absolute Gasteiger partial charge is 0.504 e. The quantitative estimate of drug-likeness (QED) is 0.511. The molecule has 26 heavy (non-hydrogen) atoms. The van der Waals surface area contributed by atoms with Gasteiger partial charge in [0.25, 0.3) is 0 Å². The van der Waals surface area contributed by atoms with E-state index in [1.54, 1.807) is 31.5 Å². The van der Waals surface area contributed by atoms with E-state index in [4.69, 9.17) is 21.7 Å². The summed E-state index contributed by atoms with van der Waals surface area (Å²) in [7, 11) is 1.61. The molecule has 0 bridgehead atoms. The lowest BCUT2D eigenvalue weighted by Crippen LogP contribution is -1.96. The first-order valence-corrected chi connectivity index (χ1v) is 8.35. The summed E-state index contributed by atoms with van der Waals surface area (Å²) in [5, 5.41) is 21.2. The van der Waals surface area contributed by atoms with Crippen LogP contribution in [-0.4, -0.2) is 39.9 Å². The van der Waals surface area contributed by atoms with Crippen LogP contribution in [0.5, 0.6) is 17.2 Å². The molecule has 0 saturated heterocycles. The van der Waals surface area contributed by atoms with Crippen LogP contribution in [0.25, 0.3) is 11.4 Å². The van der Waals surface area contributed by atoms with Gasteiger partial charge in [-0.1, -0.05) is 12.1 Å². The lowest BCUT2D eigenvalue weighted by molar-refractivity contribution is 0.318. The van der Waals surface area contributed by atoms with Gasteiger partial charge in [-0.3, -0.25) is 0 Å². The number of hydrogen-bond donors (Lipinski definition) is 2. The third kappa shape index (κ3) is 3.75. The smallest absolute Gasteiger partial charge is 0.216 e. The van der Waals surface area contributed by atoms with E-state index < -0.39 is 0 Å². The molecule has 0 aliphatic carbocycles. The molecule has 0 fully saturated rings. The molecule has 0 amide bonds. The van der Waals surface area contributed by atoms with Crippen LogP contribution in [0, 0.1) is 4.77 Å². The van der Waals surface area contributed by atoms with E-state index in [1.807, 2.05) is 31.2 Å². The molecule has 0 radical (unpaired) electrons. The summed E-state index contributed by atoms with van der Waals surface area (Å²) in [6, 6.07) is 12.5. The van der Waals surface area contributed by atoms with Crippen molar-refractivity contribution >= 4 is 18.4 Å². The van der Waals surface area contributed by atoms with Crippen molar-refractivity contribution in [2.24, 2.45) is 5.10 Å². The van der Waals surface area contributed by atoms with Crippen LogP contribution in [0.2, 0.25) is 0 Å². The summed E-state index contributed by atoms with van der Waals surface area (Å²) in [4.78, 5) is 0. The van der Waals surface area contributed by atoms with E-state index in [-0.39, 0.29) is 5.75 Å². The van der Waals surface area contributed by atoms with Gasteiger partial charge < -0.3 is 14.6 Å². The molecule has 0 aliphatic heterocycles. The molecule has 3 rings (SSSR count). The molecule has 0 unspecified atom stereocenters. The number of rotatable bonds is 6. The Morgan fingerprint density at radius 2 is 2.15 bits per heavy atom. The Morgan fingerprint density at radius 3 is 2.92 bits per heavy atom. The third-order valence-electron chi connectivity index (χ3n) is 3.58. The van der Waals surface area contributed by atoms with Crippen molar-refractivity contribution in [1.82, 2.24) is 14.9 Å². The molecular weight excluding hydrogens is 352 g/mol. The van der Waals surface area contributed by atoms with Crippen LogP contribution < -0.4 is 9.47 Å². The van der Waals surface area contributed by atoms with Crippen LogP contribution in [0.3, 0.4) is 0 Å². The first kappa shape index (κ1) is 17.7. The molecule has 0 spiro atoms. The van der Waals surface area contributed by atoms with Crippen molar-refractivity contribution in [3.8, 4) is 28.6 Å². The number of nitrogens with zero attached hydrogens (tertiary/aromatic N) is 3. The minimum Gasteiger partial charge on any atom is -0.504 e. The average Bonchev–Trinajstić information content (AvgIpc) is 3.03. The number of benzene rings is 2. The summed E-state index contributed by atoms with van der Waals surface area (Å²) >= 11 is 5.27. The molecule has 8 heteroatoms. The Morgan fingerprint density at radius 1 is 1.31 bits per heavy atom. The van der Waals surface area contributed by atoms with Crippen LogP contribution in [-0.2, 0) is 0 Å². The van der Waals surface area contributed by atoms with Crippen molar-refractivity contribution < 1.29 is 14.6 Å². The van der Waals surface area contributed by atoms with E-state index in [2.05, 4.69) is 15.3 Å². The van der Waals surface area contributed by atoms with Gasteiger partial charge in [-0.05, 0) is 55.0 Å². The highest BCUT2D eigenvalue weighted by Crippen LogP contribution is 2.26. The number of H-pyrrole nitrogens is 1. The Hall–Kier alpha value is -3.13. The maximum atomic E-state index is 9.79. The lowest BCUT2D eigenvalue weighted by Gasteiger charge is -2.06. The number of aromatic nitrogens is 3. The molecule has 2 aromatic carbocycles. The fourth-order valence-electron chi connectivity index (χ4n) is 2.35.